The standard InChI is InChI=1S/C35H43BrN2O3/c1-25-12-11-15-27(20-25)23-38(33(39)24-41-32-19-18-28(22-30(32)36)35(2,3)4)31(21-26-13-7-5-8-14-26)34(40)37-29-16-9-6-10-17-29/h5,7-8,11-15,18-20,22,29,31H,6,9-10,16-17,21,23-24H2,1-4H3,(H,37,40). The quantitative estimate of drug-likeness (QED) is 0.255. The van der Waals surface area contributed by atoms with Crippen LogP contribution in [0.1, 0.15) is 75.1 Å². The Morgan fingerprint density at radius 2 is 1.66 bits per heavy atom. The average Bonchev–Trinajstić information content (AvgIpc) is 2.94. The van der Waals surface area contributed by atoms with Crippen LogP contribution in [-0.2, 0) is 28.0 Å². The molecule has 1 unspecified atom stereocenters. The van der Waals surface area contributed by atoms with Gasteiger partial charge < -0.3 is 15.0 Å². The lowest BCUT2D eigenvalue weighted by Crippen LogP contribution is -2.53. The van der Waals surface area contributed by atoms with Crippen molar-refractivity contribution in [2.45, 2.75) is 90.3 Å². The number of halogens is 1. The highest BCUT2D eigenvalue weighted by Crippen LogP contribution is 2.31. The maximum Gasteiger partial charge on any atom is 0.261 e. The van der Waals surface area contributed by atoms with Gasteiger partial charge in [0.1, 0.15) is 11.8 Å². The summed E-state index contributed by atoms with van der Waals surface area (Å²) in [5, 5.41) is 3.29. The van der Waals surface area contributed by atoms with E-state index >= 15 is 0 Å². The molecule has 0 spiro atoms. The van der Waals surface area contributed by atoms with Gasteiger partial charge in [0.2, 0.25) is 5.91 Å². The van der Waals surface area contributed by atoms with E-state index in [9.17, 15) is 9.59 Å². The zero-order valence-electron chi connectivity index (χ0n) is 24.8. The van der Waals surface area contributed by atoms with E-state index in [1.54, 1.807) is 4.90 Å². The summed E-state index contributed by atoms with van der Waals surface area (Å²) in [6.07, 6.45) is 5.85. The van der Waals surface area contributed by atoms with Gasteiger partial charge >= 0.3 is 0 Å². The van der Waals surface area contributed by atoms with Crippen molar-refractivity contribution in [3.63, 3.8) is 0 Å². The molecule has 1 N–H and O–H groups in total. The molecule has 218 valence electrons. The first-order valence-electron chi connectivity index (χ1n) is 14.7. The van der Waals surface area contributed by atoms with Crippen molar-refractivity contribution in [1.29, 1.82) is 0 Å². The van der Waals surface area contributed by atoms with E-state index in [2.05, 4.69) is 48.1 Å². The number of ether oxygens (including phenoxy) is 1. The Bertz CT molecular complexity index is 1310. The first-order chi connectivity index (χ1) is 19.6. The zero-order chi connectivity index (χ0) is 29.4. The van der Waals surface area contributed by atoms with Crippen LogP contribution in [0.3, 0.4) is 0 Å². The number of carbonyl (C=O) groups is 2. The lowest BCUT2D eigenvalue weighted by molar-refractivity contribution is -0.143. The molecule has 0 aliphatic heterocycles. The van der Waals surface area contributed by atoms with Gasteiger partial charge in [-0.25, -0.2) is 0 Å². The van der Waals surface area contributed by atoms with E-state index in [-0.39, 0.29) is 29.9 Å². The molecule has 0 heterocycles. The third kappa shape index (κ3) is 8.93. The predicted octanol–water partition coefficient (Wildman–Crippen LogP) is 7.52. The minimum Gasteiger partial charge on any atom is -0.483 e. The van der Waals surface area contributed by atoms with Crippen LogP contribution in [0.5, 0.6) is 5.75 Å². The van der Waals surface area contributed by atoms with Crippen LogP contribution >= 0.6 is 15.9 Å². The molecule has 3 aromatic carbocycles. The summed E-state index contributed by atoms with van der Waals surface area (Å²) in [5.74, 6) is 0.281. The van der Waals surface area contributed by atoms with Crippen LogP contribution in [-0.4, -0.2) is 35.4 Å². The molecule has 41 heavy (non-hydrogen) atoms. The molecule has 1 fully saturated rings. The Labute approximate surface area is 253 Å². The molecule has 0 aromatic heterocycles. The van der Waals surface area contributed by atoms with Crippen molar-refractivity contribution < 1.29 is 14.3 Å². The minimum atomic E-state index is -0.664. The molecule has 3 aromatic rings. The average molecular weight is 620 g/mol. The second-order valence-corrected chi connectivity index (χ2v) is 13.1. The summed E-state index contributed by atoms with van der Waals surface area (Å²) in [5.41, 5.74) is 4.28. The van der Waals surface area contributed by atoms with Crippen molar-refractivity contribution in [2.75, 3.05) is 6.61 Å². The zero-order valence-corrected chi connectivity index (χ0v) is 26.4. The van der Waals surface area contributed by atoms with Gasteiger partial charge in [0.05, 0.1) is 4.47 Å². The molecule has 1 atom stereocenters. The van der Waals surface area contributed by atoms with E-state index in [0.29, 0.717) is 18.7 Å². The van der Waals surface area contributed by atoms with Gasteiger partial charge in [0.15, 0.2) is 6.61 Å². The first-order valence-corrected chi connectivity index (χ1v) is 15.5. The third-order valence-electron chi connectivity index (χ3n) is 7.81. The van der Waals surface area contributed by atoms with Gasteiger partial charge in [0, 0.05) is 19.0 Å². The highest BCUT2D eigenvalue weighted by atomic mass is 79.9. The summed E-state index contributed by atoms with van der Waals surface area (Å²) >= 11 is 3.63. The largest absolute Gasteiger partial charge is 0.483 e. The van der Waals surface area contributed by atoms with Crippen molar-refractivity contribution >= 4 is 27.7 Å². The smallest absolute Gasteiger partial charge is 0.261 e. The molecule has 1 saturated carbocycles. The Hall–Kier alpha value is -3.12. The Morgan fingerprint density at radius 1 is 0.951 bits per heavy atom. The number of hydrogen-bond donors (Lipinski definition) is 1. The summed E-state index contributed by atoms with van der Waals surface area (Å²) in [7, 11) is 0. The number of rotatable bonds is 10. The van der Waals surface area contributed by atoms with Crippen molar-refractivity contribution in [3.05, 3.63) is 99.5 Å². The summed E-state index contributed by atoms with van der Waals surface area (Å²) in [6.45, 7) is 8.67. The summed E-state index contributed by atoms with van der Waals surface area (Å²) in [6, 6.07) is 23.5. The number of amides is 2. The number of carbonyl (C=O) groups excluding carboxylic acids is 2. The Morgan fingerprint density at radius 3 is 2.32 bits per heavy atom. The molecular weight excluding hydrogens is 576 g/mol. The van der Waals surface area contributed by atoms with Gasteiger partial charge in [-0.1, -0.05) is 106 Å². The van der Waals surface area contributed by atoms with Gasteiger partial charge in [0.25, 0.3) is 5.91 Å². The molecule has 1 aliphatic rings. The van der Waals surface area contributed by atoms with Gasteiger partial charge in [-0.05, 0) is 69.9 Å². The minimum absolute atomic E-state index is 0.00215. The maximum absolute atomic E-state index is 14.0. The first kappa shape index (κ1) is 30.8. The van der Waals surface area contributed by atoms with E-state index in [1.165, 1.54) is 12.0 Å². The lowest BCUT2D eigenvalue weighted by Gasteiger charge is -2.33. The summed E-state index contributed by atoms with van der Waals surface area (Å²) < 4.78 is 6.87. The molecule has 6 heteroatoms. The van der Waals surface area contributed by atoms with Crippen molar-refractivity contribution in [2.24, 2.45) is 0 Å². The third-order valence-corrected chi connectivity index (χ3v) is 8.43. The number of nitrogens with zero attached hydrogens (tertiary/aromatic N) is 1. The Balaban J connectivity index is 1.61. The molecule has 0 bridgehead atoms. The fraction of sp³-hybridized carbons (Fsp3) is 0.429. The highest BCUT2D eigenvalue weighted by molar-refractivity contribution is 9.10. The van der Waals surface area contributed by atoms with Crippen molar-refractivity contribution in [1.82, 2.24) is 10.2 Å². The second kappa shape index (κ2) is 14.2. The van der Waals surface area contributed by atoms with E-state index < -0.39 is 6.04 Å². The molecule has 4 rings (SSSR count). The lowest BCUT2D eigenvalue weighted by atomic mass is 9.87. The molecule has 0 saturated heterocycles. The molecular formula is C35H43BrN2O3. The highest BCUT2D eigenvalue weighted by Gasteiger charge is 2.32. The van der Waals surface area contributed by atoms with Crippen LogP contribution in [0.2, 0.25) is 0 Å². The molecule has 5 nitrogen and oxygen atoms in total. The van der Waals surface area contributed by atoms with Crippen LogP contribution in [0.15, 0.2) is 77.3 Å². The van der Waals surface area contributed by atoms with Crippen LogP contribution < -0.4 is 10.1 Å². The van der Waals surface area contributed by atoms with Crippen LogP contribution in [0.25, 0.3) is 0 Å². The maximum atomic E-state index is 14.0. The molecule has 0 radical (unpaired) electrons. The fourth-order valence-corrected chi connectivity index (χ4v) is 5.91. The number of nitrogens with one attached hydrogen (secondary N) is 1. The number of benzene rings is 3. The van der Waals surface area contributed by atoms with Gasteiger partial charge in [-0.2, -0.15) is 0 Å². The summed E-state index contributed by atoms with van der Waals surface area (Å²) in [4.78, 5) is 29.6. The number of aryl methyl sites for hydroxylation is 1. The molecule has 2 amide bonds. The topological polar surface area (TPSA) is 58.6 Å². The van der Waals surface area contributed by atoms with E-state index in [1.807, 2.05) is 73.7 Å². The van der Waals surface area contributed by atoms with Gasteiger partial charge in [-0.3, -0.25) is 9.59 Å². The van der Waals surface area contributed by atoms with Crippen molar-refractivity contribution in [3.8, 4) is 5.75 Å². The Kier molecular flexibility index (Phi) is 10.7. The van der Waals surface area contributed by atoms with Gasteiger partial charge in [-0.15, -0.1) is 0 Å². The van der Waals surface area contributed by atoms with E-state index in [4.69, 9.17) is 4.74 Å². The number of hydrogen-bond acceptors (Lipinski definition) is 3. The second-order valence-electron chi connectivity index (χ2n) is 12.2. The fourth-order valence-electron chi connectivity index (χ4n) is 5.41. The van der Waals surface area contributed by atoms with Crippen LogP contribution in [0.4, 0.5) is 0 Å². The monoisotopic (exact) mass is 618 g/mol. The predicted molar refractivity (Wildman–Crippen MR) is 169 cm³/mol. The van der Waals surface area contributed by atoms with Crippen LogP contribution in [0, 0.1) is 6.92 Å². The SMILES string of the molecule is Cc1cccc(CN(C(=O)COc2ccc(C(C)(C)C)cc2Br)C(Cc2ccccc2)C(=O)NC2CCCCC2)c1. The normalized spacial score (nSPS) is 14.8. The van der Waals surface area contributed by atoms with E-state index in [0.717, 1.165) is 46.8 Å². The molecule has 1 aliphatic carbocycles.